The van der Waals surface area contributed by atoms with E-state index in [1.54, 1.807) is 0 Å². The van der Waals surface area contributed by atoms with Crippen LogP contribution in [0.4, 0.5) is 0 Å². The van der Waals surface area contributed by atoms with Crippen molar-refractivity contribution in [2.24, 2.45) is 0 Å². The molecule has 0 rings (SSSR count). The van der Waals surface area contributed by atoms with E-state index < -0.39 is 6.10 Å². The van der Waals surface area contributed by atoms with Crippen molar-refractivity contribution in [2.45, 2.75) is 309 Å². The van der Waals surface area contributed by atoms with Gasteiger partial charge < -0.3 is 14.2 Å². The standard InChI is InChI=1S/C77H126O6/c1-4-7-10-13-16-19-22-25-28-30-32-34-35-36-37-38-39-40-41-43-44-46-49-52-55-58-61-64-67-70-76(79)82-73-74(72-81-75(78)69-66-63-60-57-54-51-48-27-24-21-18-15-12-9-6-3)83-77(80)71-68-65-62-59-56-53-50-47-45-42-33-31-29-26-23-20-17-14-11-8-5-2/h7,9-10,12,16,18-19,21,25,27-28,32,34,36-37,39-40,43-44,48-49,52,58,61,74H,4-6,8,11,13-15,17,20,22-24,26,29-31,33,35,38,41-42,45-47,50-51,53-57,59-60,62-73H2,1-3H3/b10-7-,12-9-,19-16-,21-18-,28-25-,34-32-,37-36-,40-39-,44-43-,48-27-,52-49-,61-58-. The van der Waals surface area contributed by atoms with Crippen LogP contribution in [-0.4, -0.2) is 37.2 Å². The summed E-state index contributed by atoms with van der Waals surface area (Å²) in [6.45, 7) is 6.38. The van der Waals surface area contributed by atoms with E-state index in [0.717, 1.165) is 141 Å². The third-order valence-electron chi connectivity index (χ3n) is 14.3. The summed E-state index contributed by atoms with van der Waals surface area (Å²) < 4.78 is 16.9. The molecule has 0 aliphatic heterocycles. The van der Waals surface area contributed by atoms with Crippen LogP contribution in [0.5, 0.6) is 0 Å². The molecule has 470 valence electrons. The van der Waals surface area contributed by atoms with Crippen LogP contribution in [0, 0.1) is 0 Å². The fourth-order valence-electron chi connectivity index (χ4n) is 9.28. The molecule has 0 radical (unpaired) electrons. The van der Waals surface area contributed by atoms with Gasteiger partial charge in [0.1, 0.15) is 13.2 Å². The molecule has 6 nitrogen and oxygen atoms in total. The summed E-state index contributed by atoms with van der Waals surface area (Å²) in [5.74, 6) is -0.978. The number of esters is 3. The van der Waals surface area contributed by atoms with Gasteiger partial charge in [0.15, 0.2) is 6.10 Å². The van der Waals surface area contributed by atoms with Gasteiger partial charge in [-0.2, -0.15) is 0 Å². The first-order valence-electron chi connectivity index (χ1n) is 34.3. The molecule has 0 aliphatic rings. The van der Waals surface area contributed by atoms with Crippen LogP contribution in [0.1, 0.15) is 303 Å². The Kier molecular flexibility index (Phi) is 65.8. The molecule has 0 N–H and O–H groups in total. The highest BCUT2D eigenvalue weighted by Gasteiger charge is 2.19. The highest BCUT2D eigenvalue weighted by Crippen LogP contribution is 2.17. The minimum absolute atomic E-state index is 0.107. The van der Waals surface area contributed by atoms with E-state index in [2.05, 4.69) is 167 Å². The zero-order chi connectivity index (χ0) is 59.9. The van der Waals surface area contributed by atoms with Crippen LogP contribution in [0.3, 0.4) is 0 Å². The van der Waals surface area contributed by atoms with Crippen LogP contribution in [-0.2, 0) is 28.6 Å². The van der Waals surface area contributed by atoms with Gasteiger partial charge in [-0.15, -0.1) is 0 Å². The van der Waals surface area contributed by atoms with Crippen LogP contribution in [0.15, 0.2) is 146 Å². The SMILES string of the molecule is CC/C=C\C/C=C\C/C=C\C/C=C\C/C=C\C/C=C\C/C=C\C/C=C\C/C=C\CCCC(=O)OCC(COC(=O)CCCCCCC/C=C\C/C=C\C/C=C\CC)OC(=O)CCCCCCCCCCCCCCCCCCCCCCC. The molecule has 0 aromatic rings. The van der Waals surface area contributed by atoms with Crippen LogP contribution >= 0.6 is 0 Å². The summed E-state index contributed by atoms with van der Waals surface area (Å²) in [4.78, 5) is 38.4. The van der Waals surface area contributed by atoms with Gasteiger partial charge in [0.25, 0.3) is 0 Å². The zero-order valence-electron chi connectivity index (χ0n) is 53.9. The number of rotatable bonds is 61. The highest BCUT2D eigenvalue weighted by molar-refractivity contribution is 5.71. The Morgan fingerprint density at radius 3 is 0.783 bits per heavy atom. The van der Waals surface area contributed by atoms with Gasteiger partial charge in [-0.1, -0.05) is 314 Å². The van der Waals surface area contributed by atoms with E-state index >= 15 is 0 Å². The Bertz CT molecular complexity index is 1800. The lowest BCUT2D eigenvalue weighted by atomic mass is 10.0. The number of unbranched alkanes of at least 4 members (excludes halogenated alkanes) is 26. The van der Waals surface area contributed by atoms with E-state index in [1.807, 2.05) is 0 Å². The molecule has 1 atom stereocenters. The summed E-state index contributed by atoms with van der Waals surface area (Å²) >= 11 is 0. The molecule has 6 heteroatoms. The summed E-state index contributed by atoms with van der Waals surface area (Å²) in [5.41, 5.74) is 0. The lowest BCUT2D eigenvalue weighted by Crippen LogP contribution is -2.30. The molecule has 0 heterocycles. The fourth-order valence-corrected chi connectivity index (χ4v) is 9.28. The van der Waals surface area contributed by atoms with Gasteiger partial charge in [0.2, 0.25) is 0 Å². The van der Waals surface area contributed by atoms with E-state index in [4.69, 9.17) is 14.2 Å². The fraction of sp³-hybridized carbons (Fsp3) is 0.649. The molecule has 0 bridgehead atoms. The number of carbonyl (C=O) groups is 3. The molecule has 0 aliphatic carbocycles. The largest absolute Gasteiger partial charge is 0.462 e. The van der Waals surface area contributed by atoms with Gasteiger partial charge in [-0.25, -0.2) is 0 Å². The quantitative estimate of drug-likeness (QED) is 0.0261. The molecule has 1 unspecified atom stereocenters. The number of hydrogen-bond donors (Lipinski definition) is 0. The molecule has 0 aromatic carbocycles. The van der Waals surface area contributed by atoms with Crippen LogP contribution < -0.4 is 0 Å². The smallest absolute Gasteiger partial charge is 0.306 e. The first-order valence-corrected chi connectivity index (χ1v) is 34.3. The van der Waals surface area contributed by atoms with Gasteiger partial charge in [0.05, 0.1) is 0 Å². The Labute approximate surface area is 512 Å². The van der Waals surface area contributed by atoms with Crippen molar-refractivity contribution in [1.82, 2.24) is 0 Å². The number of carbonyl (C=O) groups excluding carboxylic acids is 3. The second-order valence-corrected chi connectivity index (χ2v) is 22.3. The van der Waals surface area contributed by atoms with Crippen molar-refractivity contribution < 1.29 is 28.6 Å². The second kappa shape index (κ2) is 69.8. The summed E-state index contributed by atoms with van der Waals surface area (Å²) in [7, 11) is 0. The first kappa shape index (κ1) is 78.3. The lowest BCUT2D eigenvalue weighted by molar-refractivity contribution is -0.167. The third-order valence-corrected chi connectivity index (χ3v) is 14.3. The molecule has 0 saturated carbocycles. The molecule has 0 amide bonds. The lowest BCUT2D eigenvalue weighted by Gasteiger charge is -2.18. The maximum atomic E-state index is 12.9. The van der Waals surface area contributed by atoms with Crippen molar-refractivity contribution in [3.05, 3.63) is 146 Å². The topological polar surface area (TPSA) is 78.9 Å². The van der Waals surface area contributed by atoms with E-state index in [0.29, 0.717) is 19.3 Å². The summed E-state index contributed by atoms with van der Waals surface area (Å²) in [6.07, 6.45) is 100. The Morgan fingerprint density at radius 2 is 0.482 bits per heavy atom. The average molecular weight is 1150 g/mol. The van der Waals surface area contributed by atoms with Crippen LogP contribution in [0.2, 0.25) is 0 Å². The van der Waals surface area contributed by atoms with E-state index in [-0.39, 0.29) is 37.5 Å². The van der Waals surface area contributed by atoms with Gasteiger partial charge >= 0.3 is 17.9 Å². The second-order valence-electron chi connectivity index (χ2n) is 22.3. The van der Waals surface area contributed by atoms with E-state index in [1.165, 1.54) is 116 Å². The normalized spacial score (nSPS) is 13.0. The summed E-state index contributed by atoms with van der Waals surface area (Å²) in [6, 6.07) is 0. The minimum Gasteiger partial charge on any atom is -0.462 e. The predicted molar refractivity (Wildman–Crippen MR) is 362 cm³/mol. The van der Waals surface area contributed by atoms with Crippen molar-refractivity contribution >= 4 is 17.9 Å². The maximum absolute atomic E-state index is 12.9. The van der Waals surface area contributed by atoms with Crippen LogP contribution in [0.25, 0.3) is 0 Å². The molecule has 83 heavy (non-hydrogen) atoms. The molecule has 0 spiro atoms. The molecular formula is C77H126O6. The Hall–Kier alpha value is -4.71. The zero-order valence-corrected chi connectivity index (χ0v) is 53.9. The Morgan fingerprint density at radius 1 is 0.253 bits per heavy atom. The van der Waals surface area contributed by atoms with E-state index in [9.17, 15) is 14.4 Å². The Balaban J connectivity index is 4.46. The minimum atomic E-state index is -0.815. The van der Waals surface area contributed by atoms with Gasteiger partial charge in [0, 0.05) is 19.3 Å². The number of allylic oxidation sites excluding steroid dienone is 24. The van der Waals surface area contributed by atoms with Crippen molar-refractivity contribution in [3.63, 3.8) is 0 Å². The number of ether oxygens (including phenoxy) is 3. The molecule has 0 fully saturated rings. The number of hydrogen-bond acceptors (Lipinski definition) is 6. The van der Waals surface area contributed by atoms with Crippen molar-refractivity contribution in [3.8, 4) is 0 Å². The van der Waals surface area contributed by atoms with Gasteiger partial charge in [-0.3, -0.25) is 14.4 Å². The summed E-state index contributed by atoms with van der Waals surface area (Å²) in [5, 5.41) is 0. The van der Waals surface area contributed by atoms with Crippen molar-refractivity contribution in [2.75, 3.05) is 13.2 Å². The molecule has 0 aromatic heterocycles. The van der Waals surface area contributed by atoms with Gasteiger partial charge in [-0.05, 0) is 116 Å². The third kappa shape index (κ3) is 68.0. The first-order chi connectivity index (χ1) is 41.0. The molecule has 0 saturated heterocycles. The maximum Gasteiger partial charge on any atom is 0.306 e. The highest BCUT2D eigenvalue weighted by atomic mass is 16.6. The average Bonchev–Trinajstić information content (AvgIpc) is 3.49. The molecular weight excluding hydrogens is 1020 g/mol. The van der Waals surface area contributed by atoms with Crippen molar-refractivity contribution in [1.29, 1.82) is 0 Å². The monoisotopic (exact) mass is 1150 g/mol. The predicted octanol–water partition coefficient (Wildman–Crippen LogP) is 23.9.